The van der Waals surface area contributed by atoms with Gasteiger partial charge in [-0.15, -0.1) is 0 Å². The summed E-state index contributed by atoms with van der Waals surface area (Å²) in [6, 6.07) is 0. The molecule has 0 aliphatic heterocycles. The summed E-state index contributed by atoms with van der Waals surface area (Å²) in [4.78, 5) is 9.92. The second-order valence-corrected chi connectivity index (χ2v) is 3.58. The standard InChI is InChI=1S/C4H7O6S/c1-2(11(8,9)10)3(5)4(6)7/h2,5H,1H3,(H,6,7)(H,8,9,10). The lowest BCUT2D eigenvalue weighted by Crippen LogP contribution is -2.30. The van der Waals surface area contributed by atoms with Gasteiger partial charge in [0.15, 0.2) is 0 Å². The molecule has 6 nitrogen and oxygen atoms in total. The van der Waals surface area contributed by atoms with E-state index in [0.717, 1.165) is 6.92 Å². The van der Waals surface area contributed by atoms with E-state index in [1.165, 1.54) is 0 Å². The van der Waals surface area contributed by atoms with Crippen molar-refractivity contribution in [3.05, 3.63) is 6.10 Å². The molecule has 0 saturated heterocycles. The summed E-state index contributed by atoms with van der Waals surface area (Å²) in [5.41, 5.74) is 0. The second kappa shape index (κ2) is 3.16. The summed E-state index contributed by atoms with van der Waals surface area (Å²) in [5.74, 6) is -1.77. The first-order chi connectivity index (χ1) is 4.76. The maximum Gasteiger partial charge on any atom is 0.340 e. The van der Waals surface area contributed by atoms with E-state index in [9.17, 15) is 13.2 Å². The molecule has 0 bridgehead atoms. The molecule has 0 rings (SSSR count). The molecule has 1 radical (unpaired) electrons. The molecule has 1 atom stereocenters. The Morgan fingerprint density at radius 3 is 1.82 bits per heavy atom. The van der Waals surface area contributed by atoms with Crippen molar-refractivity contribution in [2.24, 2.45) is 0 Å². The van der Waals surface area contributed by atoms with Crippen molar-refractivity contribution >= 4 is 16.1 Å². The summed E-state index contributed by atoms with van der Waals surface area (Å²) in [6.45, 7) is 0.860. The van der Waals surface area contributed by atoms with Crippen LogP contribution < -0.4 is 0 Å². The number of aliphatic hydroxyl groups is 1. The van der Waals surface area contributed by atoms with Gasteiger partial charge < -0.3 is 10.2 Å². The summed E-state index contributed by atoms with van der Waals surface area (Å²) >= 11 is 0. The van der Waals surface area contributed by atoms with Gasteiger partial charge >= 0.3 is 5.97 Å². The van der Waals surface area contributed by atoms with Gasteiger partial charge in [0, 0.05) is 0 Å². The number of hydrogen-bond acceptors (Lipinski definition) is 4. The van der Waals surface area contributed by atoms with Crippen LogP contribution >= 0.6 is 0 Å². The van der Waals surface area contributed by atoms with Crippen molar-refractivity contribution < 1.29 is 28.0 Å². The van der Waals surface area contributed by atoms with Crippen LogP contribution in [0.3, 0.4) is 0 Å². The average molecular weight is 183 g/mol. The lowest BCUT2D eigenvalue weighted by atomic mass is 10.3. The minimum Gasteiger partial charge on any atom is -0.479 e. The molecule has 0 aliphatic carbocycles. The van der Waals surface area contributed by atoms with Gasteiger partial charge in [0.2, 0.25) is 6.10 Å². The minimum atomic E-state index is -4.51. The molecule has 0 spiro atoms. The molecule has 0 fully saturated rings. The normalized spacial score (nSPS) is 14.9. The van der Waals surface area contributed by atoms with Crippen LogP contribution in [0, 0.1) is 6.10 Å². The maximum atomic E-state index is 10.2. The van der Waals surface area contributed by atoms with Crippen LogP contribution in [0.5, 0.6) is 0 Å². The Hall–Kier alpha value is -0.660. The third kappa shape index (κ3) is 2.83. The lowest BCUT2D eigenvalue weighted by molar-refractivity contribution is -0.139. The molecule has 0 aromatic rings. The molecule has 0 heterocycles. The first-order valence-corrected chi connectivity index (χ1v) is 4.02. The zero-order valence-corrected chi connectivity index (χ0v) is 6.37. The third-order valence-electron chi connectivity index (χ3n) is 1.05. The number of carbonyl (C=O) groups is 1. The van der Waals surface area contributed by atoms with Crippen molar-refractivity contribution in [1.29, 1.82) is 0 Å². The van der Waals surface area contributed by atoms with E-state index in [0.29, 0.717) is 0 Å². The minimum absolute atomic E-state index is 0.860. The van der Waals surface area contributed by atoms with E-state index < -0.39 is 27.4 Å². The average Bonchev–Trinajstić information content (AvgIpc) is 1.82. The SMILES string of the molecule is CC([C](O)C(=O)O)S(=O)(=O)O. The Balaban J connectivity index is 4.51. The summed E-state index contributed by atoms with van der Waals surface area (Å²) in [7, 11) is -4.51. The quantitative estimate of drug-likeness (QED) is 0.496. The second-order valence-electron chi connectivity index (χ2n) is 1.85. The first-order valence-electron chi connectivity index (χ1n) is 2.52. The summed E-state index contributed by atoms with van der Waals surface area (Å²) < 4.78 is 28.6. The Morgan fingerprint density at radius 1 is 1.36 bits per heavy atom. The van der Waals surface area contributed by atoms with Crippen LogP contribution in [0.15, 0.2) is 0 Å². The summed E-state index contributed by atoms with van der Waals surface area (Å²) in [5, 5.41) is 14.8. The zero-order valence-electron chi connectivity index (χ0n) is 5.55. The lowest BCUT2D eigenvalue weighted by Gasteiger charge is -2.08. The number of carboxylic acid groups (broad SMARTS) is 1. The number of hydrogen-bond donors (Lipinski definition) is 3. The van der Waals surface area contributed by atoms with E-state index in [-0.39, 0.29) is 0 Å². The highest BCUT2D eigenvalue weighted by Crippen LogP contribution is 2.10. The number of aliphatic hydroxyl groups excluding tert-OH is 1. The highest BCUT2D eigenvalue weighted by molar-refractivity contribution is 7.86. The summed E-state index contributed by atoms with van der Waals surface area (Å²) in [6.07, 6.45) is -1.30. The van der Waals surface area contributed by atoms with Crippen LogP contribution in [0.25, 0.3) is 0 Å². The highest BCUT2D eigenvalue weighted by Gasteiger charge is 2.32. The Kier molecular flexibility index (Phi) is 2.97. The topological polar surface area (TPSA) is 112 Å². The van der Waals surface area contributed by atoms with Gasteiger partial charge in [0.25, 0.3) is 10.1 Å². The van der Waals surface area contributed by atoms with Crippen molar-refractivity contribution in [2.45, 2.75) is 12.2 Å². The molecule has 0 aliphatic rings. The van der Waals surface area contributed by atoms with Crippen LogP contribution in [0.2, 0.25) is 0 Å². The maximum absolute atomic E-state index is 10.2. The molecule has 0 aromatic heterocycles. The van der Waals surface area contributed by atoms with Gasteiger partial charge in [-0.2, -0.15) is 8.42 Å². The highest BCUT2D eigenvalue weighted by atomic mass is 32.2. The molecule has 1 unspecified atom stereocenters. The third-order valence-corrected chi connectivity index (χ3v) is 2.17. The van der Waals surface area contributed by atoms with Crippen LogP contribution in [0.4, 0.5) is 0 Å². The number of rotatable bonds is 3. The molecule has 65 valence electrons. The van der Waals surface area contributed by atoms with Gasteiger partial charge in [-0.05, 0) is 6.92 Å². The molecule has 0 saturated carbocycles. The fraction of sp³-hybridized carbons (Fsp3) is 0.500. The molecule has 7 heteroatoms. The Labute approximate surface area is 63.2 Å². The largest absolute Gasteiger partial charge is 0.479 e. The number of carboxylic acids is 1. The van der Waals surface area contributed by atoms with Crippen LogP contribution in [-0.4, -0.2) is 34.4 Å². The van der Waals surface area contributed by atoms with Crippen molar-refractivity contribution in [2.75, 3.05) is 0 Å². The van der Waals surface area contributed by atoms with E-state index >= 15 is 0 Å². The van der Waals surface area contributed by atoms with Gasteiger partial charge in [-0.3, -0.25) is 4.55 Å². The Bertz CT molecular complexity index is 241. The van der Waals surface area contributed by atoms with Crippen molar-refractivity contribution in [3.63, 3.8) is 0 Å². The molecular formula is C4H7O6S. The fourth-order valence-corrected chi connectivity index (χ4v) is 0.698. The van der Waals surface area contributed by atoms with Gasteiger partial charge in [0.1, 0.15) is 5.25 Å². The van der Waals surface area contributed by atoms with Gasteiger partial charge in [-0.1, -0.05) is 0 Å². The van der Waals surface area contributed by atoms with Crippen molar-refractivity contribution in [3.8, 4) is 0 Å². The van der Waals surface area contributed by atoms with Crippen LogP contribution in [0.1, 0.15) is 6.92 Å². The van der Waals surface area contributed by atoms with E-state index in [1.54, 1.807) is 0 Å². The van der Waals surface area contributed by atoms with E-state index in [4.69, 9.17) is 14.8 Å². The molecule has 11 heavy (non-hydrogen) atoms. The van der Waals surface area contributed by atoms with Crippen LogP contribution in [-0.2, 0) is 14.9 Å². The predicted molar refractivity (Wildman–Crippen MR) is 33.8 cm³/mol. The molecule has 0 amide bonds. The monoisotopic (exact) mass is 183 g/mol. The van der Waals surface area contributed by atoms with E-state index in [1.807, 2.05) is 0 Å². The van der Waals surface area contributed by atoms with E-state index in [2.05, 4.69) is 0 Å². The smallest absolute Gasteiger partial charge is 0.340 e. The number of aliphatic carboxylic acids is 1. The fourth-order valence-electron chi connectivity index (χ4n) is 0.315. The van der Waals surface area contributed by atoms with Gasteiger partial charge in [-0.25, -0.2) is 4.79 Å². The first kappa shape index (κ1) is 10.3. The molecule has 0 aromatic carbocycles. The zero-order chi connectivity index (χ0) is 9.23. The Morgan fingerprint density at radius 2 is 1.73 bits per heavy atom. The van der Waals surface area contributed by atoms with Crippen molar-refractivity contribution in [1.82, 2.24) is 0 Å². The van der Waals surface area contributed by atoms with Gasteiger partial charge in [0.05, 0.1) is 0 Å². The molecule has 3 N–H and O–H groups in total. The molecular weight excluding hydrogens is 176 g/mol. The predicted octanol–water partition coefficient (Wildman–Crippen LogP) is -0.748.